The van der Waals surface area contributed by atoms with Gasteiger partial charge in [0.2, 0.25) is 5.78 Å². The van der Waals surface area contributed by atoms with Gasteiger partial charge in [-0.1, -0.05) is 40.2 Å². The summed E-state index contributed by atoms with van der Waals surface area (Å²) in [6, 6.07) is 11.7. The first kappa shape index (κ1) is 19.7. The number of hydroxylamine groups is 2. The Kier molecular flexibility index (Phi) is 5.86. The number of ketones is 1. The molecule has 8 nitrogen and oxygen atoms in total. The molecular formula is C17H15BrN2O6. The van der Waals surface area contributed by atoms with Crippen LogP contribution in [0.1, 0.15) is 17.5 Å². The van der Waals surface area contributed by atoms with Crippen LogP contribution in [0.15, 0.2) is 53.0 Å². The molecule has 26 heavy (non-hydrogen) atoms. The molecule has 1 amide bonds. The number of benzene rings is 2. The van der Waals surface area contributed by atoms with Crippen LogP contribution in [0.5, 0.6) is 0 Å². The maximum Gasteiger partial charge on any atom is 0.313 e. The number of amides is 1. The SMILES string of the molecule is CN(O)C(=O)C(=O)CC(O)(c1cccc(Br)c1)c1ccccc1[N+](=O)[O-]. The maximum atomic E-state index is 12.2. The average molecular weight is 423 g/mol. The molecule has 1 atom stereocenters. The summed E-state index contributed by atoms with van der Waals surface area (Å²) >= 11 is 3.25. The highest BCUT2D eigenvalue weighted by Gasteiger charge is 2.41. The molecular weight excluding hydrogens is 408 g/mol. The lowest BCUT2D eigenvalue weighted by Crippen LogP contribution is -2.38. The van der Waals surface area contributed by atoms with Gasteiger partial charge in [0.1, 0.15) is 5.60 Å². The second-order valence-electron chi connectivity index (χ2n) is 5.57. The van der Waals surface area contributed by atoms with E-state index in [4.69, 9.17) is 0 Å². The zero-order valence-corrected chi connectivity index (χ0v) is 15.2. The molecule has 0 aromatic heterocycles. The molecule has 0 saturated heterocycles. The van der Waals surface area contributed by atoms with Crippen LogP contribution in [0.2, 0.25) is 0 Å². The third-order valence-electron chi connectivity index (χ3n) is 3.80. The molecule has 0 aliphatic carbocycles. The molecule has 0 fully saturated rings. The minimum absolute atomic E-state index is 0.100. The molecule has 0 saturated carbocycles. The number of rotatable bonds is 6. The predicted octanol–water partition coefficient (Wildman–Crippen LogP) is 2.40. The van der Waals surface area contributed by atoms with Gasteiger partial charge in [-0.25, -0.2) is 5.06 Å². The number of nitro benzene ring substituents is 1. The number of Topliss-reactive ketones (excluding diaryl/α,β-unsaturated/α-hetero) is 1. The summed E-state index contributed by atoms with van der Waals surface area (Å²) in [7, 11) is 0.976. The van der Waals surface area contributed by atoms with Gasteiger partial charge >= 0.3 is 5.91 Å². The lowest BCUT2D eigenvalue weighted by molar-refractivity contribution is -0.386. The summed E-state index contributed by atoms with van der Waals surface area (Å²) in [6.45, 7) is 0. The number of hydrogen-bond acceptors (Lipinski definition) is 6. The van der Waals surface area contributed by atoms with Crippen LogP contribution in [0.4, 0.5) is 5.69 Å². The van der Waals surface area contributed by atoms with Crippen LogP contribution < -0.4 is 0 Å². The van der Waals surface area contributed by atoms with Crippen LogP contribution in [0, 0.1) is 10.1 Å². The molecule has 0 spiro atoms. The van der Waals surface area contributed by atoms with E-state index >= 15 is 0 Å². The van der Waals surface area contributed by atoms with E-state index in [0.717, 1.165) is 7.05 Å². The summed E-state index contributed by atoms with van der Waals surface area (Å²) in [4.78, 5) is 34.7. The van der Waals surface area contributed by atoms with Crippen LogP contribution in [0.3, 0.4) is 0 Å². The standard InChI is InChI=1S/C17H15BrN2O6/c1-19(24)16(22)15(21)10-17(23,11-5-4-6-12(18)9-11)13-7-2-3-8-14(13)20(25)26/h2-9,23-24H,10H2,1H3. The van der Waals surface area contributed by atoms with E-state index in [0.29, 0.717) is 4.47 Å². The van der Waals surface area contributed by atoms with Crippen LogP contribution in [0.25, 0.3) is 0 Å². The van der Waals surface area contributed by atoms with Crippen molar-refractivity contribution in [3.63, 3.8) is 0 Å². The van der Waals surface area contributed by atoms with Crippen molar-refractivity contribution >= 4 is 33.3 Å². The molecule has 0 aliphatic rings. The van der Waals surface area contributed by atoms with Crippen molar-refractivity contribution < 1.29 is 24.8 Å². The average Bonchev–Trinajstić information content (AvgIpc) is 2.60. The van der Waals surface area contributed by atoms with Gasteiger partial charge in [0.25, 0.3) is 5.69 Å². The smallest absolute Gasteiger partial charge is 0.313 e. The second-order valence-corrected chi connectivity index (χ2v) is 6.49. The zero-order valence-electron chi connectivity index (χ0n) is 13.6. The van der Waals surface area contributed by atoms with E-state index in [1.165, 1.54) is 36.4 Å². The van der Waals surface area contributed by atoms with Gasteiger partial charge in [-0.05, 0) is 23.8 Å². The number of hydrogen-bond donors (Lipinski definition) is 2. The van der Waals surface area contributed by atoms with Gasteiger partial charge in [0, 0.05) is 17.6 Å². The van der Waals surface area contributed by atoms with Crippen LogP contribution in [-0.2, 0) is 15.2 Å². The number of carbonyl (C=O) groups is 2. The largest absolute Gasteiger partial charge is 0.380 e. The maximum absolute atomic E-state index is 12.2. The van der Waals surface area contributed by atoms with Crippen LogP contribution >= 0.6 is 15.9 Å². The van der Waals surface area contributed by atoms with Gasteiger partial charge < -0.3 is 5.11 Å². The fourth-order valence-corrected chi connectivity index (χ4v) is 2.97. The minimum atomic E-state index is -2.14. The summed E-state index contributed by atoms with van der Waals surface area (Å²) in [5, 5.41) is 32.0. The highest BCUT2D eigenvalue weighted by atomic mass is 79.9. The Hall–Kier alpha value is -2.62. The van der Waals surface area contributed by atoms with Gasteiger partial charge in [-0.3, -0.25) is 24.9 Å². The fraction of sp³-hybridized carbons (Fsp3) is 0.176. The van der Waals surface area contributed by atoms with Gasteiger partial charge in [-0.2, -0.15) is 0 Å². The summed E-state index contributed by atoms with van der Waals surface area (Å²) < 4.78 is 0.574. The number of likely N-dealkylation sites (N-methyl/N-ethyl adjacent to an activating group) is 1. The fourth-order valence-electron chi connectivity index (χ4n) is 2.57. The molecule has 2 N–H and O–H groups in total. The Labute approximate surface area is 156 Å². The van der Waals surface area contributed by atoms with E-state index in [9.17, 15) is 30.0 Å². The quantitative estimate of drug-likeness (QED) is 0.319. The Morgan fingerprint density at radius 3 is 2.46 bits per heavy atom. The first-order chi connectivity index (χ1) is 12.2. The highest BCUT2D eigenvalue weighted by Crippen LogP contribution is 2.39. The molecule has 0 radical (unpaired) electrons. The molecule has 1 unspecified atom stereocenters. The molecule has 2 aromatic carbocycles. The lowest BCUT2D eigenvalue weighted by Gasteiger charge is -2.28. The van der Waals surface area contributed by atoms with Crippen molar-refractivity contribution in [3.8, 4) is 0 Å². The minimum Gasteiger partial charge on any atom is -0.380 e. The first-order valence-electron chi connectivity index (χ1n) is 7.39. The van der Waals surface area contributed by atoms with Gasteiger partial charge in [0.15, 0.2) is 0 Å². The van der Waals surface area contributed by atoms with Gasteiger partial charge in [-0.15, -0.1) is 0 Å². The normalized spacial score (nSPS) is 12.9. The first-order valence-corrected chi connectivity index (χ1v) is 8.18. The Bertz CT molecular complexity index is 870. The third-order valence-corrected chi connectivity index (χ3v) is 4.29. The van der Waals surface area contributed by atoms with Crippen molar-refractivity contribution in [2.24, 2.45) is 0 Å². The summed E-state index contributed by atoms with van der Waals surface area (Å²) in [5.41, 5.74) is -2.49. The number of aliphatic hydroxyl groups is 1. The van der Waals surface area contributed by atoms with E-state index in [2.05, 4.69) is 15.9 Å². The Balaban J connectivity index is 2.65. The van der Waals surface area contributed by atoms with Crippen molar-refractivity contribution in [3.05, 3.63) is 74.2 Å². The number of nitro groups is 1. The predicted molar refractivity (Wildman–Crippen MR) is 94.4 cm³/mol. The van der Waals surface area contributed by atoms with Gasteiger partial charge in [0.05, 0.1) is 16.9 Å². The lowest BCUT2D eigenvalue weighted by atomic mass is 9.81. The molecule has 2 rings (SSSR count). The molecule has 0 bridgehead atoms. The number of para-hydroxylation sites is 1. The number of nitrogens with zero attached hydrogens (tertiary/aromatic N) is 2. The zero-order chi connectivity index (χ0) is 19.5. The van der Waals surface area contributed by atoms with E-state index in [1.807, 2.05) is 0 Å². The Morgan fingerprint density at radius 2 is 1.88 bits per heavy atom. The van der Waals surface area contributed by atoms with Crippen molar-refractivity contribution in [1.29, 1.82) is 0 Å². The summed E-state index contributed by atoms with van der Waals surface area (Å²) in [6.07, 6.45) is -0.780. The monoisotopic (exact) mass is 422 g/mol. The molecule has 0 aliphatic heterocycles. The molecule has 0 heterocycles. The summed E-state index contributed by atoms with van der Waals surface area (Å²) in [5.74, 6) is -2.34. The van der Waals surface area contributed by atoms with Crippen molar-refractivity contribution in [2.75, 3.05) is 7.05 Å². The molecule has 2 aromatic rings. The topological polar surface area (TPSA) is 121 Å². The van der Waals surface area contributed by atoms with Crippen molar-refractivity contribution in [1.82, 2.24) is 5.06 Å². The highest BCUT2D eigenvalue weighted by molar-refractivity contribution is 9.10. The molecule has 9 heteroatoms. The molecule has 136 valence electrons. The van der Waals surface area contributed by atoms with E-state index in [1.54, 1.807) is 12.1 Å². The number of halogens is 1. The Morgan fingerprint density at radius 1 is 1.23 bits per heavy atom. The van der Waals surface area contributed by atoms with E-state index in [-0.39, 0.29) is 16.2 Å². The third kappa shape index (κ3) is 3.96. The number of carbonyl (C=O) groups excluding carboxylic acids is 2. The van der Waals surface area contributed by atoms with Crippen LogP contribution in [-0.4, -0.2) is 39.0 Å². The van der Waals surface area contributed by atoms with Crippen molar-refractivity contribution in [2.45, 2.75) is 12.0 Å². The van der Waals surface area contributed by atoms with E-state index < -0.39 is 34.3 Å². The second kappa shape index (κ2) is 7.73.